The normalized spacial score (nSPS) is 12.0. The molecule has 0 radical (unpaired) electrons. The van der Waals surface area contributed by atoms with Gasteiger partial charge in [-0.1, -0.05) is 0 Å². The molecule has 21 heavy (non-hydrogen) atoms. The monoisotopic (exact) mass is 393 g/mol. The minimum Gasteiger partial charge on any atom is -0.398 e. The van der Waals surface area contributed by atoms with Crippen molar-refractivity contribution in [2.45, 2.75) is 18.4 Å². The van der Waals surface area contributed by atoms with Gasteiger partial charge >= 0.3 is 0 Å². The maximum Gasteiger partial charge on any atom is 0.245 e. The second-order valence-corrected chi connectivity index (χ2v) is 8.60. The Morgan fingerprint density at radius 3 is 2.71 bits per heavy atom. The molecular weight excluding hydrogens is 381 g/mol. The minimum absolute atomic E-state index is 0.0531. The summed E-state index contributed by atoms with van der Waals surface area (Å²) in [6, 6.07) is 2.16. The Labute approximate surface area is 134 Å². The summed E-state index contributed by atoms with van der Waals surface area (Å²) < 4.78 is 39.6. The van der Waals surface area contributed by atoms with Crippen LogP contribution in [-0.2, 0) is 16.6 Å². The van der Waals surface area contributed by atoms with E-state index in [9.17, 15) is 12.8 Å². The molecule has 0 atom stereocenters. The molecule has 9 heteroatoms. The largest absolute Gasteiger partial charge is 0.398 e. The summed E-state index contributed by atoms with van der Waals surface area (Å²) >= 11 is 4.39. The molecular formula is C12H13BrFN3O2S2. The first-order chi connectivity index (χ1) is 9.71. The summed E-state index contributed by atoms with van der Waals surface area (Å²) in [5.74, 6) is -0.604. The van der Waals surface area contributed by atoms with Gasteiger partial charge in [0, 0.05) is 24.7 Å². The van der Waals surface area contributed by atoms with Crippen molar-refractivity contribution in [3.63, 3.8) is 0 Å². The lowest BCUT2D eigenvalue weighted by atomic mass is 10.3. The molecule has 0 saturated carbocycles. The van der Waals surface area contributed by atoms with Crippen LogP contribution in [0.3, 0.4) is 0 Å². The van der Waals surface area contributed by atoms with E-state index in [0.717, 1.165) is 20.3 Å². The topological polar surface area (TPSA) is 76.3 Å². The van der Waals surface area contributed by atoms with Gasteiger partial charge in [-0.15, -0.1) is 11.3 Å². The van der Waals surface area contributed by atoms with Gasteiger partial charge in [-0.05, 0) is 35.0 Å². The molecule has 1 aromatic carbocycles. The smallest absolute Gasteiger partial charge is 0.245 e. The fraction of sp³-hybridized carbons (Fsp3) is 0.250. The number of halogens is 2. The highest BCUT2D eigenvalue weighted by atomic mass is 79.9. The number of nitrogens with two attached hydrogens (primary N) is 1. The Morgan fingerprint density at radius 1 is 1.48 bits per heavy atom. The molecule has 0 amide bonds. The fourth-order valence-corrected chi connectivity index (χ4v) is 4.41. The van der Waals surface area contributed by atoms with E-state index in [1.807, 2.05) is 6.92 Å². The summed E-state index contributed by atoms with van der Waals surface area (Å²) in [5.41, 5.74) is 5.51. The molecule has 0 spiro atoms. The van der Waals surface area contributed by atoms with E-state index in [4.69, 9.17) is 5.73 Å². The molecule has 0 aliphatic carbocycles. The molecule has 114 valence electrons. The zero-order valence-electron chi connectivity index (χ0n) is 11.3. The highest BCUT2D eigenvalue weighted by Crippen LogP contribution is 2.29. The van der Waals surface area contributed by atoms with E-state index in [1.54, 1.807) is 6.20 Å². The lowest BCUT2D eigenvalue weighted by Gasteiger charge is -2.17. The number of thiazole rings is 1. The van der Waals surface area contributed by atoms with Crippen molar-refractivity contribution in [2.24, 2.45) is 0 Å². The Morgan fingerprint density at radius 2 is 2.14 bits per heavy atom. The lowest BCUT2D eigenvalue weighted by Crippen LogP contribution is -2.27. The Hall–Kier alpha value is -1.03. The van der Waals surface area contributed by atoms with E-state index in [2.05, 4.69) is 20.9 Å². The third-order valence-corrected chi connectivity index (χ3v) is 6.15. The Bertz CT molecular complexity index is 777. The zero-order valence-corrected chi connectivity index (χ0v) is 14.5. The molecule has 2 rings (SSSR count). The van der Waals surface area contributed by atoms with Crippen LogP contribution in [0, 0.1) is 12.7 Å². The van der Waals surface area contributed by atoms with Crippen molar-refractivity contribution >= 4 is 43.0 Å². The van der Waals surface area contributed by atoms with Gasteiger partial charge in [0.25, 0.3) is 0 Å². The van der Waals surface area contributed by atoms with Gasteiger partial charge in [-0.2, -0.15) is 4.31 Å². The predicted molar refractivity (Wildman–Crippen MR) is 84.0 cm³/mol. The van der Waals surface area contributed by atoms with Crippen molar-refractivity contribution in [3.8, 4) is 0 Å². The third kappa shape index (κ3) is 3.42. The van der Waals surface area contributed by atoms with Gasteiger partial charge in [-0.25, -0.2) is 17.8 Å². The second kappa shape index (κ2) is 5.99. The Kier molecular flexibility index (Phi) is 4.66. The standard InChI is InChI=1S/C12H13BrFN3O2S2/c1-7-16-5-8(20-7)6-17(2)21(18,19)12-3-9(13)10(14)4-11(12)15/h3-5H,6,15H2,1-2H3. The summed E-state index contributed by atoms with van der Waals surface area (Å²) in [6.07, 6.45) is 1.63. The number of nitrogen functional groups attached to an aromatic ring is 1. The van der Waals surface area contributed by atoms with Crippen molar-refractivity contribution in [1.29, 1.82) is 0 Å². The number of benzene rings is 1. The molecule has 5 nitrogen and oxygen atoms in total. The number of aryl methyl sites for hydroxylation is 1. The van der Waals surface area contributed by atoms with Crippen molar-refractivity contribution < 1.29 is 12.8 Å². The molecule has 2 N–H and O–H groups in total. The summed E-state index contributed by atoms with van der Waals surface area (Å²) in [6.45, 7) is 2.03. The van der Waals surface area contributed by atoms with Gasteiger partial charge in [0.05, 0.1) is 15.2 Å². The molecule has 1 heterocycles. The SMILES string of the molecule is Cc1ncc(CN(C)S(=O)(=O)c2cc(Br)c(F)cc2N)s1. The average molecular weight is 394 g/mol. The van der Waals surface area contributed by atoms with Gasteiger partial charge in [0.15, 0.2) is 0 Å². The molecule has 0 aliphatic heterocycles. The first kappa shape index (κ1) is 16.3. The lowest BCUT2D eigenvalue weighted by molar-refractivity contribution is 0.469. The van der Waals surface area contributed by atoms with E-state index < -0.39 is 15.8 Å². The summed E-state index contributed by atoms with van der Waals surface area (Å²) in [5, 5.41) is 0.861. The molecule has 0 unspecified atom stereocenters. The predicted octanol–water partition coefficient (Wildman–Crippen LogP) is 2.76. The van der Waals surface area contributed by atoms with Crippen LogP contribution in [0.1, 0.15) is 9.88 Å². The highest BCUT2D eigenvalue weighted by Gasteiger charge is 2.25. The number of hydrogen-bond acceptors (Lipinski definition) is 5. The van der Waals surface area contributed by atoms with Gasteiger partial charge in [-0.3, -0.25) is 0 Å². The number of anilines is 1. The number of nitrogens with zero attached hydrogens (tertiary/aromatic N) is 2. The molecule has 0 saturated heterocycles. The van der Waals surface area contributed by atoms with E-state index in [-0.39, 0.29) is 21.6 Å². The first-order valence-electron chi connectivity index (χ1n) is 5.84. The first-order valence-corrected chi connectivity index (χ1v) is 8.89. The van der Waals surface area contributed by atoms with Gasteiger partial charge < -0.3 is 5.73 Å². The maximum atomic E-state index is 13.4. The molecule has 1 aromatic heterocycles. The van der Waals surface area contributed by atoms with Crippen molar-refractivity contribution in [1.82, 2.24) is 9.29 Å². The second-order valence-electron chi connectivity index (χ2n) is 4.41. The van der Waals surface area contributed by atoms with Crippen LogP contribution in [0.2, 0.25) is 0 Å². The molecule has 0 fully saturated rings. The molecule has 0 bridgehead atoms. The molecule has 0 aliphatic rings. The average Bonchev–Trinajstić information content (AvgIpc) is 2.79. The highest BCUT2D eigenvalue weighted by molar-refractivity contribution is 9.10. The number of hydrogen-bond donors (Lipinski definition) is 1. The van der Waals surface area contributed by atoms with Crippen molar-refractivity contribution in [3.05, 3.63) is 38.5 Å². The van der Waals surface area contributed by atoms with Crippen molar-refractivity contribution in [2.75, 3.05) is 12.8 Å². The van der Waals surface area contributed by atoms with Crippen LogP contribution in [0.15, 0.2) is 27.7 Å². The summed E-state index contributed by atoms with van der Waals surface area (Å²) in [7, 11) is -2.36. The van der Waals surface area contributed by atoms with E-state index in [0.29, 0.717) is 0 Å². The third-order valence-electron chi connectivity index (χ3n) is 2.79. The summed E-state index contributed by atoms with van der Waals surface area (Å²) in [4.78, 5) is 4.78. The van der Waals surface area contributed by atoms with Gasteiger partial charge in [0.2, 0.25) is 10.0 Å². The number of sulfonamides is 1. The Balaban J connectivity index is 2.35. The fourth-order valence-electron chi connectivity index (χ4n) is 1.72. The van der Waals surface area contributed by atoms with Gasteiger partial charge in [0.1, 0.15) is 10.7 Å². The van der Waals surface area contributed by atoms with Crippen LogP contribution in [0.5, 0.6) is 0 Å². The van der Waals surface area contributed by atoms with Crippen LogP contribution < -0.4 is 5.73 Å². The van der Waals surface area contributed by atoms with Crippen LogP contribution in [0.4, 0.5) is 10.1 Å². The quantitative estimate of drug-likeness (QED) is 0.810. The van der Waals surface area contributed by atoms with E-state index in [1.165, 1.54) is 24.5 Å². The number of rotatable bonds is 4. The zero-order chi connectivity index (χ0) is 15.8. The number of aromatic nitrogens is 1. The maximum absolute atomic E-state index is 13.4. The van der Waals surface area contributed by atoms with E-state index >= 15 is 0 Å². The van der Waals surface area contributed by atoms with Crippen LogP contribution in [0.25, 0.3) is 0 Å². The molecule has 2 aromatic rings. The van der Waals surface area contributed by atoms with Crippen LogP contribution >= 0.6 is 27.3 Å². The minimum atomic E-state index is -3.81. The van der Waals surface area contributed by atoms with Crippen LogP contribution in [-0.4, -0.2) is 24.8 Å².